The molecule has 2 aromatic rings. The molecule has 3 heterocycles. The minimum atomic E-state index is 0.341. The highest BCUT2D eigenvalue weighted by atomic mass is 16.5. The molecule has 0 saturated carbocycles. The molecule has 2 aliphatic heterocycles. The highest BCUT2D eigenvalue weighted by Gasteiger charge is 2.44. The molecule has 1 N–H and O–H groups in total. The van der Waals surface area contributed by atoms with Gasteiger partial charge in [0.25, 0.3) is 0 Å². The summed E-state index contributed by atoms with van der Waals surface area (Å²) in [6, 6.07) is 9.20. The molecule has 1 unspecified atom stereocenters. The van der Waals surface area contributed by atoms with Gasteiger partial charge in [0.2, 0.25) is 0 Å². The van der Waals surface area contributed by atoms with Gasteiger partial charge in [-0.3, -0.25) is 10.00 Å². The number of hydrogen-bond donors (Lipinski definition) is 1. The van der Waals surface area contributed by atoms with E-state index in [9.17, 15) is 0 Å². The molecule has 27 heavy (non-hydrogen) atoms. The van der Waals surface area contributed by atoms with E-state index < -0.39 is 0 Å². The minimum absolute atomic E-state index is 0.341. The Morgan fingerprint density at radius 1 is 1.19 bits per heavy atom. The first-order valence-electron chi connectivity index (χ1n) is 10.4. The van der Waals surface area contributed by atoms with Crippen molar-refractivity contribution in [3.8, 4) is 5.75 Å². The van der Waals surface area contributed by atoms with Crippen molar-refractivity contribution in [1.82, 2.24) is 15.1 Å². The van der Waals surface area contributed by atoms with Gasteiger partial charge in [0.05, 0.1) is 13.3 Å². The molecular formula is C22H30N4O. The topological polar surface area (TPSA) is 44.4 Å². The molecule has 3 aliphatic rings. The summed E-state index contributed by atoms with van der Waals surface area (Å²) in [6.45, 7) is 4.74. The van der Waals surface area contributed by atoms with Crippen LogP contribution in [0.1, 0.15) is 43.4 Å². The largest absolute Gasteiger partial charge is 0.497 e. The van der Waals surface area contributed by atoms with Gasteiger partial charge in [-0.15, -0.1) is 0 Å². The maximum absolute atomic E-state index is 5.39. The van der Waals surface area contributed by atoms with E-state index in [0.29, 0.717) is 5.41 Å². The molecule has 5 nitrogen and oxygen atoms in total. The molecule has 0 amide bonds. The summed E-state index contributed by atoms with van der Waals surface area (Å²) < 4.78 is 5.39. The average Bonchev–Trinajstić information content (AvgIpc) is 3.33. The summed E-state index contributed by atoms with van der Waals surface area (Å²) in [6.07, 6.45) is 9.70. The molecule has 2 saturated heterocycles. The van der Waals surface area contributed by atoms with Crippen LogP contribution >= 0.6 is 0 Å². The Labute approximate surface area is 161 Å². The first-order valence-corrected chi connectivity index (χ1v) is 10.4. The fourth-order valence-corrected chi connectivity index (χ4v) is 5.64. The first kappa shape index (κ1) is 17.1. The zero-order valence-corrected chi connectivity index (χ0v) is 16.3. The number of aromatic nitrogens is 2. The Balaban J connectivity index is 1.25. The number of ether oxygens (including phenoxy) is 1. The lowest BCUT2D eigenvalue weighted by atomic mass is 9.77. The molecule has 5 heteroatoms. The number of nitrogens with one attached hydrogen (secondary N) is 1. The average molecular weight is 367 g/mol. The normalized spacial score (nSPS) is 26.5. The van der Waals surface area contributed by atoms with E-state index in [1.807, 2.05) is 6.07 Å². The number of fused-ring (bicyclic) bond motifs is 2. The van der Waals surface area contributed by atoms with E-state index in [2.05, 4.69) is 44.4 Å². The smallest absolute Gasteiger partial charge is 0.120 e. The molecule has 144 valence electrons. The molecule has 1 aromatic heterocycles. The second kappa shape index (κ2) is 6.86. The molecule has 0 radical (unpaired) electrons. The Morgan fingerprint density at radius 2 is 2.07 bits per heavy atom. The standard InChI is InChI=1S/C22H30N4O/c1-27-20-5-2-4-19(14-20)25-12-7-18(8-13-25)26-11-3-9-22(16-26)10-6-17-15-23-24-21(17)22/h2,4-5,14-15,18H,3,6-13,16H2,1H3,(H,23,24). The van der Waals surface area contributed by atoms with Crippen molar-refractivity contribution in [2.75, 3.05) is 38.2 Å². The lowest BCUT2D eigenvalue weighted by Gasteiger charge is -2.46. The number of aromatic amines is 1. The van der Waals surface area contributed by atoms with E-state index in [1.54, 1.807) is 7.11 Å². The first-order chi connectivity index (χ1) is 13.3. The van der Waals surface area contributed by atoms with E-state index in [4.69, 9.17) is 4.74 Å². The number of aryl methyl sites for hydroxylation is 1. The van der Waals surface area contributed by atoms with Crippen molar-refractivity contribution in [3.05, 3.63) is 41.7 Å². The van der Waals surface area contributed by atoms with Crippen molar-refractivity contribution in [3.63, 3.8) is 0 Å². The van der Waals surface area contributed by atoms with Crippen LogP contribution in [0, 0.1) is 0 Å². The maximum atomic E-state index is 5.39. The van der Waals surface area contributed by atoms with Gasteiger partial charge in [0.1, 0.15) is 5.75 Å². The Bertz CT molecular complexity index is 795. The van der Waals surface area contributed by atoms with Crippen molar-refractivity contribution >= 4 is 5.69 Å². The molecule has 5 rings (SSSR count). The van der Waals surface area contributed by atoms with Gasteiger partial charge in [0, 0.05) is 48.5 Å². The Morgan fingerprint density at radius 3 is 2.93 bits per heavy atom. The van der Waals surface area contributed by atoms with Gasteiger partial charge in [-0.05, 0) is 62.8 Å². The number of likely N-dealkylation sites (tertiary alicyclic amines) is 1. The Kier molecular flexibility index (Phi) is 4.35. The summed E-state index contributed by atoms with van der Waals surface area (Å²) in [5.41, 5.74) is 4.54. The second-order valence-electron chi connectivity index (χ2n) is 8.54. The molecule has 1 aromatic carbocycles. The van der Waals surface area contributed by atoms with Crippen LogP contribution in [0.3, 0.4) is 0 Å². The predicted octanol–water partition coefficient (Wildman–Crippen LogP) is 3.37. The summed E-state index contributed by atoms with van der Waals surface area (Å²) in [5, 5.41) is 7.67. The van der Waals surface area contributed by atoms with Gasteiger partial charge in [-0.1, -0.05) is 6.07 Å². The number of rotatable bonds is 3. The molecule has 0 bridgehead atoms. The monoisotopic (exact) mass is 366 g/mol. The molecule has 1 atom stereocenters. The number of piperidine rings is 2. The third kappa shape index (κ3) is 3.02. The molecule has 1 aliphatic carbocycles. The zero-order valence-electron chi connectivity index (χ0n) is 16.3. The quantitative estimate of drug-likeness (QED) is 0.905. The van der Waals surface area contributed by atoms with Gasteiger partial charge in [-0.25, -0.2) is 0 Å². The highest BCUT2D eigenvalue weighted by Crippen LogP contribution is 2.44. The minimum Gasteiger partial charge on any atom is -0.497 e. The number of nitrogens with zero attached hydrogens (tertiary/aromatic N) is 3. The lowest BCUT2D eigenvalue weighted by molar-refractivity contribution is 0.0859. The van der Waals surface area contributed by atoms with Gasteiger partial charge in [-0.2, -0.15) is 5.10 Å². The number of H-pyrrole nitrogens is 1. The van der Waals surface area contributed by atoms with Crippen LogP contribution in [-0.2, 0) is 11.8 Å². The third-order valence-corrected chi connectivity index (χ3v) is 7.13. The van der Waals surface area contributed by atoms with Crippen LogP contribution in [0.15, 0.2) is 30.5 Å². The highest BCUT2D eigenvalue weighted by molar-refractivity contribution is 5.51. The summed E-state index contributed by atoms with van der Waals surface area (Å²) in [5.74, 6) is 0.948. The van der Waals surface area contributed by atoms with Crippen LogP contribution in [-0.4, -0.2) is 54.4 Å². The van der Waals surface area contributed by atoms with Gasteiger partial charge < -0.3 is 9.64 Å². The molecular weight excluding hydrogens is 336 g/mol. The maximum Gasteiger partial charge on any atom is 0.120 e. The predicted molar refractivity (Wildman–Crippen MR) is 108 cm³/mol. The van der Waals surface area contributed by atoms with Crippen LogP contribution in [0.5, 0.6) is 5.75 Å². The third-order valence-electron chi connectivity index (χ3n) is 7.13. The fraction of sp³-hybridized carbons (Fsp3) is 0.591. The SMILES string of the molecule is COc1cccc(N2CCC(N3CCCC4(CCc5cn[nH]c54)C3)CC2)c1. The number of anilines is 1. The number of hydrogen-bond acceptors (Lipinski definition) is 4. The van der Waals surface area contributed by atoms with Crippen molar-refractivity contribution in [1.29, 1.82) is 0 Å². The van der Waals surface area contributed by atoms with E-state index in [-0.39, 0.29) is 0 Å². The summed E-state index contributed by atoms with van der Waals surface area (Å²) in [4.78, 5) is 5.31. The van der Waals surface area contributed by atoms with Crippen molar-refractivity contribution in [2.45, 2.75) is 50.0 Å². The van der Waals surface area contributed by atoms with Gasteiger partial charge >= 0.3 is 0 Å². The number of benzene rings is 1. The van der Waals surface area contributed by atoms with Gasteiger partial charge in [0.15, 0.2) is 0 Å². The molecule has 1 spiro atoms. The zero-order chi connectivity index (χ0) is 18.3. The van der Waals surface area contributed by atoms with Crippen molar-refractivity contribution in [2.24, 2.45) is 0 Å². The van der Waals surface area contributed by atoms with E-state index >= 15 is 0 Å². The Hall–Kier alpha value is -2.01. The molecule has 2 fully saturated rings. The van der Waals surface area contributed by atoms with Crippen LogP contribution in [0.25, 0.3) is 0 Å². The lowest BCUT2D eigenvalue weighted by Crippen LogP contribution is -2.52. The van der Waals surface area contributed by atoms with E-state index in [1.165, 1.54) is 68.6 Å². The van der Waals surface area contributed by atoms with Crippen LogP contribution in [0.2, 0.25) is 0 Å². The van der Waals surface area contributed by atoms with E-state index in [0.717, 1.165) is 24.9 Å². The summed E-state index contributed by atoms with van der Waals surface area (Å²) in [7, 11) is 1.74. The second-order valence-corrected chi connectivity index (χ2v) is 8.54. The number of methoxy groups -OCH3 is 1. The van der Waals surface area contributed by atoms with Crippen LogP contribution in [0.4, 0.5) is 5.69 Å². The van der Waals surface area contributed by atoms with Crippen molar-refractivity contribution < 1.29 is 4.74 Å². The fourth-order valence-electron chi connectivity index (χ4n) is 5.64. The summed E-state index contributed by atoms with van der Waals surface area (Å²) >= 11 is 0. The van der Waals surface area contributed by atoms with Crippen LogP contribution < -0.4 is 9.64 Å².